The van der Waals surface area contributed by atoms with E-state index in [2.05, 4.69) is 0 Å². The molecule has 76 valence electrons. The van der Waals surface area contributed by atoms with E-state index in [1.54, 1.807) is 7.11 Å². The van der Waals surface area contributed by atoms with Gasteiger partial charge in [-0.25, -0.2) is 0 Å². The van der Waals surface area contributed by atoms with E-state index in [0.29, 0.717) is 6.61 Å². The Morgan fingerprint density at radius 3 is 2.31 bits per heavy atom. The number of carbonyl (C=O) groups excluding carboxylic acids is 2. The van der Waals surface area contributed by atoms with Gasteiger partial charge in [-0.3, -0.25) is 9.59 Å². The third-order valence-corrected chi connectivity index (χ3v) is 1.59. The average molecular weight is 188 g/mol. The number of hydrogen-bond donors (Lipinski definition) is 0. The van der Waals surface area contributed by atoms with Gasteiger partial charge in [0.1, 0.15) is 11.6 Å². The molecule has 0 saturated carbocycles. The first-order chi connectivity index (χ1) is 6.10. The molecule has 0 rings (SSSR count). The Morgan fingerprint density at radius 2 is 1.92 bits per heavy atom. The van der Waals surface area contributed by atoms with E-state index in [-0.39, 0.29) is 30.5 Å². The molecule has 0 aromatic rings. The molecule has 0 aromatic carbocycles. The molecule has 0 N–H and O–H groups in total. The lowest BCUT2D eigenvalue weighted by Gasteiger charge is -2.12. The van der Waals surface area contributed by atoms with Crippen LogP contribution in [0, 0.1) is 0 Å². The molecule has 0 amide bonds. The molecule has 1 atom stereocenters. The van der Waals surface area contributed by atoms with E-state index >= 15 is 0 Å². The fourth-order valence-electron chi connectivity index (χ4n) is 1.000. The Morgan fingerprint density at radius 1 is 1.31 bits per heavy atom. The van der Waals surface area contributed by atoms with Crippen molar-refractivity contribution in [2.45, 2.75) is 25.9 Å². The molecule has 0 unspecified atom stereocenters. The number of carbonyl (C=O) groups is 2. The number of ketones is 2. The van der Waals surface area contributed by atoms with Crippen molar-refractivity contribution in [1.82, 2.24) is 0 Å². The minimum atomic E-state index is -0.239. The van der Waals surface area contributed by atoms with Crippen LogP contribution in [0.1, 0.15) is 19.8 Å². The molecular weight excluding hydrogens is 172 g/mol. The first-order valence-electron chi connectivity index (χ1n) is 4.13. The molecule has 4 nitrogen and oxygen atoms in total. The molecule has 0 aromatic heterocycles. The van der Waals surface area contributed by atoms with Crippen LogP contribution in [0.2, 0.25) is 0 Å². The highest BCUT2D eigenvalue weighted by atomic mass is 16.5. The lowest BCUT2D eigenvalue weighted by Crippen LogP contribution is -2.22. The van der Waals surface area contributed by atoms with Crippen LogP contribution in [0.25, 0.3) is 0 Å². The molecule has 13 heavy (non-hydrogen) atoms. The lowest BCUT2D eigenvalue weighted by molar-refractivity contribution is -0.127. The molecular formula is C9H16O4. The summed E-state index contributed by atoms with van der Waals surface area (Å²) in [4.78, 5) is 21.7. The number of ether oxygens (including phenoxy) is 2. The Balaban J connectivity index is 3.79. The van der Waals surface area contributed by atoms with Crippen molar-refractivity contribution in [3.63, 3.8) is 0 Å². The van der Waals surface area contributed by atoms with E-state index in [0.717, 1.165) is 0 Å². The van der Waals surface area contributed by atoms with Gasteiger partial charge in [0.2, 0.25) is 0 Å². The molecule has 0 aliphatic rings. The molecule has 0 aliphatic carbocycles. The summed E-state index contributed by atoms with van der Waals surface area (Å²) in [6.45, 7) is 1.77. The van der Waals surface area contributed by atoms with Gasteiger partial charge in [0.05, 0.1) is 19.1 Å². The second kappa shape index (κ2) is 6.74. The van der Waals surface area contributed by atoms with Crippen molar-refractivity contribution >= 4 is 11.6 Å². The highest BCUT2D eigenvalue weighted by Crippen LogP contribution is 2.01. The SMILES string of the molecule is COC[C@H](CC(=O)CC(C)=O)OC. The van der Waals surface area contributed by atoms with Crippen molar-refractivity contribution in [3.8, 4) is 0 Å². The minimum absolute atomic E-state index is 0.0103. The maximum absolute atomic E-state index is 11.1. The Kier molecular flexibility index (Phi) is 6.36. The van der Waals surface area contributed by atoms with Gasteiger partial charge in [0.15, 0.2) is 0 Å². The van der Waals surface area contributed by atoms with Gasteiger partial charge >= 0.3 is 0 Å². The Labute approximate surface area is 78.2 Å². The maximum Gasteiger partial charge on any atom is 0.142 e. The van der Waals surface area contributed by atoms with Crippen LogP contribution in [-0.2, 0) is 19.1 Å². The van der Waals surface area contributed by atoms with E-state index in [9.17, 15) is 9.59 Å². The molecule has 0 radical (unpaired) electrons. The molecule has 4 heteroatoms. The van der Waals surface area contributed by atoms with Crippen molar-refractivity contribution in [2.24, 2.45) is 0 Å². The van der Waals surface area contributed by atoms with Crippen molar-refractivity contribution in [1.29, 1.82) is 0 Å². The predicted octanol–water partition coefficient (Wildman–Crippen LogP) is 0.586. The molecule has 0 fully saturated rings. The highest BCUT2D eigenvalue weighted by Gasteiger charge is 2.13. The Bertz CT molecular complexity index is 176. The summed E-state index contributed by atoms with van der Waals surface area (Å²) in [5.41, 5.74) is 0. The summed E-state index contributed by atoms with van der Waals surface area (Å²) in [6.07, 6.45) is -0.00937. The largest absolute Gasteiger partial charge is 0.382 e. The third-order valence-electron chi connectivity index (χ3n) is 1.59. The van der Waals surface area contributed by atoms with Crippen LogP contribution in [0.3, 0.4) is 0 Å². The second-order valence-corrected chi connectivity index (χ2v) is 2.93. The number of methoxy groups -OCH3 is 2. The zero-order valence-electron chi connectivity index (χ0n) is 8.33. The van der Waals surface area contributed by atoms with Crippen LogP contribution in [0.15, 0.2) is 0 Å². The third kappa shape index (κ3) is 6.42. The first-order valence-corrected chi connectivity index (χ1v) is 4.13. The quantitative estimate of drug-likeness (QED) is 0.548. The van der Waals surface area contributed by atoms with Gasteiger partial charge in [0, 0.05) is 20.6 Å². The average Bonchev–Trinajstić information content (AvgIpc) is 2.02. The molecule has 0 spiro atoms. The van der Waals surface area contributed by atoms with E-state index in [4.69, 9.17) is 9.47 Å². The van der Waals surface area contributed by atoms with Crippen LogP contribution in [-0.4, -0.2) is 38.5 Å². The van der Waals surface area contributed by atoms with Gasteiger partial charge in [0.25, 0.3) is 0 Å². The zero-order chi connectivity index (χ0) is 10.3. The summed E-state index contributed by atoms with van der Waals surface area (Å²) in [5.74, 6) is -0.214. The van der Waals surface area contributed by atoms with Crippen molar-refractivity contribution < 1.29 is 19.1 Å². The highest BCUT2D eigenvalue weighted by molar-refractivity contribution is 5.98. The van der Waals surface area contributed by atoms with Gasteiger partial charge in [-0.05, 0) is 6.92 Å². The summed E-state index contributed by atoms with van der Waals surface area (Å²) >= 11 is 0. The standard InChI is InChI=1S/C9H16O4/c1-7(10)4-8(11)5-9(13-3)6-12-2/h9H,4-6H2,1-3H3/t9-/m0/s1. The predicted molar refractivity (Wildman–Crippen MR) is 47.6 cm³/mol. The van der Waals surface area contributed by atoms with Gasteiger partial charge in [-0.15, -0.1) is 0 Å². The summed E-state index contributed by atoms with van der Waals surface area (Å²) in [5, 5.41) is 0. The minimum Gasteiger partial charge on any atom is -0.382 e. The first kappa shape index (κ1) is 12.3. The van der Waals surface area contributed by atoms with Crippen LogP contribution in [0.4, 0.5) is 0 Å². The molecule has 0 heterocycles. The number of hydrogen-bond acceptors (Lipinski definition) is 4. The van der Waals surface area contributed by atoms with E-state index in [1.165, 1.54) is 14.0 Å². The normalized spacial score (nSPS) is 12.5. The second-order valence-electron chi connectivity index (χ2n) is 2.93. The van der Waals surface area contributed by atoms with E-state index < -0.39 is 0 Å². The van der Waals surface area contributed by atoms with Crippen LogP contribution in [0.5, 0.6) is 0 Å². The molecule has 0 saturated heterocycles. The lowest BCUT2D eigenvalue weighted by atomic mass is 10.1. The van der Waals surface area contributed by atoms with Gasteiger partial charge in [-0.2, -0.15) is 0 Å². The smallest absolute Gasteiger partial charge is 0.142 e. The van der Waals surface area contributed by atoms with Crippen molar-refractivity contribution in [3.05, 3.63) is 0 Å². The Hall–Kier alpha value is -0.740. The topological polar surface area (TPSA) is 52.6 Å². The molecule has 0 aliphatic heterocycles. The van der Waals surface area contributed by atoms with Crippen molar-refractivity contribution in [2.75, 3.05) is 20.8 Å². The zero-order valence-corrected chi connectivity index (χ0v) is 8.33. The van der Waals surface area contributed by atoms with Gasteiger partial charge < -0.3 is 9.47 Å². The summed E-state index contributed by atoms with van der Waals surface area (Å²) in [6, 6.07) is 0. The summed E-state index contributed by atoms with van der Waals surface area (Å²) < 4.78 is 9.82. The molecule has 0 bridgehead atoms. The van der Waals surface area contributed by atoms with Crippen LogP contribution < -0.4 is 0 Å². The monoisotopic (exact) mass is 188 g/mol. The maximum atomic E-state index is 11.1. The fraction of sp³-hybridized carbons (Fsp3) is 0.778. The number of rotatable bonds is 7. The number of Topliss-reactive ketones (excluding diaryl/α,β-unsaturated/α-hetero) is 2. The van der Waals surface area contributed by atoms with Crippen LogP contribution >= 0.6 is 0 Å². The van der Waals surface area contributed by atoms with Gasteiger partial charge in [-0.1, -0.05) is 0 Å². The fourth-order valence-corrected chi connectivity index (χ4v) is 1.000. The summed E-state index contributed by atoms with van der Waals surface area (Å²) in [7, 11) is 3.06. The van der Waals surface area contributed by atoms with E-state index in [1.807, 2.05) is 0 Å².